The van der Waals surface area contributed by atoms with Gasteiger partial charge in [0.1, 0.15) is 11.5 Å². The van der Waals surface area contributed by atoms with E-state index in [1.165, 1.54) is 12.1 Å². The van der Waals surface area contributed by atoms with Crippen LogP contribution in [0.3, 0.4) is 0 Å². The first kappa shape index (κ1) is 14.5. The molecule has 1 N–H and O–H groups in total. The lowest BCUT2D eigenvalue weighted by Crippen LogP contribution is -2.36. The van der Waals surface area contributed by atoms with E-state index in [-0.39, 0.29) is 11.7 Å². The molecular weight excluding hydrogens is 285 g/mol. The lowest BCUT2D eigenvalue weighted by Gasteiger charge is -2.30. The highest BCUT2D eigenvalue weighted by Gasteiger charge is 2.17. The molecule has 1 fully saturated rings. The Morgan fingerprint density at radius 3 is 2.77 bits per heavy atom. The molecule has 1 aliphatic rings. The molecule has 0 bridgehead atoms. The highest BCUT2D eigenvalue weighted by Crippen LogP contribution is 2.28. The number of benzene rings is 1. The molecule has 6 heteroatoms. The van der Waals surface area contributed by atoms with Gasteiger partial charge in [-0.25, -0.2) is 4.39 Å². The summed E-state index contributed by atoms with van der Waals surface area (Å²) in [7, 11) is 0. The van der Waals surface area contributed by atoms with Crippen LogP contribution in [-0.2, 0) is 4.74 Å². The summed E-state index contributed by atoms with van der Waals surface area (Å²) < 4.78 is 18.9. The van der Waals surface area contributed by atoms with Crippen LogP contribution in [0.1, 0.15) is 10.5 Å². The Balaban J connectivity index is 1.85. The molecule has 3 rings (SSSR count). The zero-order chi connectivity index (χ0) is 15.4. The van der Waals surface area contributed by atoms with Gasteiger partial charge in [-0.2, -0.15) is 0 Å². The van der Waals surface area contributed by atoms with Crippen LogP contribution in [0, 0.1) is 5.82 Å². The van der Waals surface area contributed by atoms with Gasteiger partial charge in [0.25, 0.3) is 5.91 Å². The van der Waals surface area contributed by atoms with Crippen molar-refractivity contribution in [2.75, 3.05) is 36.5 Å². The van der Waals surface area contributed by atoms with Gasteiger partial charge in [-0.1, -0.05) is 6.07 Å². The monoisotopic (exact) mass is 301 g/mol. The van der Waals surface area contributed by atoms with Crippen LogP contribution < -0.4 is 10.2 Å². The van der Waals surface area contributed by atoms with Gasteiger partial charge in [0.05, 0.1) is 24.6 Å². The summed E-state index contributed by atoms with van der Waals surface area (Å²) in [4.78, 5) is 18.2. The number of anilines is 2. The van der Waals surface area contributed by atoms with E-state index in [1.54, 1.807) is 30.5 Å². The molecule has 1 aromatic carbocycles. The van der Waals surface area contributed by atoms with Gasteiger partial charge in [-0.15, -0.1) is 0 Å². The number of ether oxygens (including phenoxy) is 1. The second kappa shape index (κ2) is 6.53. The van der Waals surface area contributed by atoms with Crippen molar-refractivity contribution in [2.24, 2.45) is 0 Å². The Morgan fingerprint density at radius 1 is 1.23 bits per heavy atom. The third-order valence-electron chi connectivity index (χ3n) is 3.46. The van der Waals surface area contributed by atoms with E-state index in [0.29, 0.717) is 43.4 Å². The van der Waals surface area contributed by atoms with E-state index in [4.69, 9.17) is 4.74 Å². The maximum atomic E-state index is 13.6. The fourth-order valence-corrected chi connectivity index (χ4v) is 2.36. The van der Waals surface area contributed by atoms with E-state index in [9.17, 15) is 9.18 Å². The van der Waals surface area contributed by atoms with E-state index in [1.807, 2.05) is 4.90 Å². The number of amides is 1. The second-order valence-corrected chi connectivity index (χ2v) is 4.93. The van der Waals surface area contributed by atoms with Crippen LogP contribution >= 0.6 is 0 Å². The van der Waals surface area contributed by atoms with E-state index in [2.05, 4.69) is 10.3 Å². The molecule has 22 heavy (non-hydrogen) atoms. The molecule has 2 aromatic rings. The van der Waals surface area contributed by atoms with Crippen LogP contribution in [0.4, 0.5) is 15.8 Å². The van der Waals surface area contributed by atoms with E-state index in [0.717, 1.165) is 0 Å². The lowest BCUT2D eigenvalue weighted by atomic mass is 10.2. The maximum Gasteiger partial charge on any atom is 0.274 e. The molecule has 2 heterocycles. The van der Waals surface area contributed by atoms with Gasteiger partial charge < -0.3 is 15.0 Å². The molecule has 0 spiro atoms. The molecule has 0 unspecified atom stereocenters. The number of nitrogens with one attached hydrogen (secondary N) is 1. The molecule has 0 radical (unpaired) electrons. The number of hydrogen-bond donors (Lipinski definition) is 1. The van der Waals surface area contributed by atoms with Crippen molar-refractivity contribution in [3.8, 4) is 0 Å². The molecule has 0 saturated carbocycles. The van der Waals surface area contributed by atoms with Gasteiger partial charge in [0.2, 0.25) is 0 Å². The summed E-state index contributed by atoms with van der Waals surface area (Å²) in [5, 5.41) is 2.80. The third-order valence-corrected chi connectivity index (χ3v) is 3.46. The molecule has 0 atom stereocenters. The van der Waals surface area contributed by atoms with Crippen LogP contribution in [-0.4, -0.2) is 37.2 Å². The van der Waals surface area contributed by atoms with Crippen molar-refractivity contribution in [3.63, 3.8) is 0 Å². The predicted octanol–water partition coefficient (Wildman–Crippen LogP) is 2.31. The minimum absolute atomic E-state index is 0.318. The first-order chi connectivity index (χ1) is 10.7. The number of halogens is 1. The summed E-state index contributed by atoms with van der Waals surface area (Å²) >= 11 is 0. The molecule has 5 nitrogen and oxygen atoms in total. The molecule has 1 aliphatic heterocycles. The van der Waals surface area contributed by atoms with E-state index >= 15 is 0 Å². The van der Waals surface area contributed by atoms with Gasteiger partial charge in [-0.05, 0) is 30.3 Å². The number of hydrogen-bond acceptors (Lipinski definition) is 4. The standard InChI is InChI=1S/C16H16FN3O2/c17-12-4-5-13(15(11-12)20-7-9-22-10-8-20)19-16(21)14-3-1-2-6-18-14/h1-6,11H,7-10H2,(H,19,21). The number of carbonyl (C=O) groups is 1. The van der Waals surface area contributed by atoms with Crippen molar-refractivity contribution < 1.29 is 13.9 Å². The minimum Gasteiger partial charge on any atom is -0.378 e. The van der Waals surface area contributed by atoms with Crippen LogP contribution in [0.2, 0.25) is 0 Å². The predicted molar refractivity (Wildman–Crippen MR) is 81.6 cm³/mol. The largest absolute Gasteiger partial charge is 0.378 e. The molecule has 1 aromatic heterocycles. The highest BCUT2D eigenvalue weighted by atomic mass is 19.1. The van der Waals surface area contributed by atoms with Crippen molar-refractivity contribution >= 4 is 17.3 Å². The van der Waals surface area contributed by atoms with Crippen molar-refractivity contribution in [2.45, 2.75) is 0 Å². The summed E-state index contributed by atoms with van der Waals surface area (Å²) in [6, 6.07) is 9.45. The zero-order valence-electron chi connectivity index (χ0n) is 12.0. The number of morpholine rings is 1. The molecule has 1 saturated heterocycles. The Labute approximate surface area is 127 Å². The quantitative estimate of drug-likeness (QED) is 0.945. The van der Waals surface area contributed by atoms with E-state index < -0.39 is 0 Å². The minimum atomic E-state index is -0.336. The molecule has 0 aliphatic carbocycles. The maximum absolute atomic E-state index is 13.6. The average Bonchev–Trinajstić information content (AvgIpc) is 2.58. The number of pyridine rings is 1. The normalized spacial score (nSPS) is 14.7. The smallest absolute Gasteiger partial charge is 0.274 e. The van der Waals surface area contributed by atoms with Gasteiger partial charge in [-0.3, -0.25) is 9.78 Å². The SMILES string of the molecule is O=C(Nc1ccc(F)cc1N1CCOCC1)c1ccccn1. The fourth-order valence-electron chi connectivity index (χ4n) is 2.36. The Hall–Kier alpha value is -2.47. The van der Waals surface area contributed by atoms with Crippen LogP contribution in [0.25, 0.3) is 0 Å². The van der Waals surface area contributed by atoms with Crippen molar-refractivity contribution in [1.82, 2.24) is 4.98 Å². The van der Waals surface area contributed by atoms with Gasteiger partial charge in [0.15, 0.2) is 0 Å². The zero-order valence-corrected chi connectivity index (χ0v) is 12.0. The fraction of sp³-hybridized carbons (Fsp3) is 0.250. The highest BCUT2D eigenvalue weighted by molar-refractivity contribution is 6.04. The second-order valence-electron chi connectivity index (χ2n) is 4.93. The van der Waals surface area contributed by atoms with Gasteiger partial charge >= 0.3 is 0 Å². The molecule has 1 amide bonds. The molecule has 114 valence electrons. The van der Waals surface area contributed by atoms with Gasteiger partial charge in [0, 0.05) is 19.3 Å². The number of nitrogens with zero attached hydrogens (tertiary/aromatic N) is 2. The Morgan fingerprint density at radius 2 is 2.05 bits per heavy atom. The van der Waals surface area contributed by atoms with Crippen LogP contribution in [0.15, 0.2) is 42.6 Å². The molecular formula is C16H16FN3O2. The summed E-state index contributed by atoms with van der Waals surface area (Å²) in [6.45, 7) is 2.50. The lowest BCUT2D eigenvalue weighted by molar-refractivity contribution is 0.102. The van der Waals surface area contributed by atoms with Crippen molar-refractivity contribution in [1.29, 1.82) is 0 Å². The Bertz CT molecular complexity index is 658. The summed E-state index contributed by atoms with van der Waals surface area (Å²) in [5.41, 5.74) is 1.55. The number of rotatable bonds is 3. The number of carbonyl (C=O) groups excluding carboxylic acids is 1. The first-order valence-corrected chi connectivity index (χ1v) is 7.09. The third kappa shape index (κ3) is 3.23. The number of aromatic nitrogens is 1. The van der Waals surface area contributed by atoms with Crippen LogP contribution in [0.5, 0.6) is 0 Å². The average molecular weight is 301 g/mol. The van der Waals surface area contributed by atoms with Crippen molar-refractivity contribution in [3.05, 3.63) is 54.1 Å². The summed E-state index contributed by atoms with van der Waals surface area (Å²) in [6.07, 6.45) is 1.56. The Kier molecular flexibility index (Phi) is 4.29. The first-order valence-electron chi connectivity index (χ1n) is 7.09. The topological polar surface area (TPSA) is 54.5 Å². The summed E-state index contributed by atoms with van der Waals surface area (Å²) in [5.74, 6) is -0.654.